The van der Waals surface area contributed by atoms with Gasteiger partial charge in [-0.25, -0.2) is 4.39 Å². The summed E-state index contributed by atoms with van der Waals surface area (Å²) in [4.78, 5) is 0. The van der Waals surface area contributed by atoms with Crippen molar-refractivity contribution in [3.63, 3.8) is 0 Å². The van der Waals surface area contributed by atoms with E-state index in [0.717, 1.165) is 36.5 Å². The largest absolute Gasteiger partial charge is 0.412 e. The molecule has 3 aliphatic rings. The van der Waals surface area contributed by atoms with Crippen molar-refractivity contribution in [2.75, 3.05) is 0 Å². The molecule has 3 fully saturated rings. The van der Waals surface area contributed by atoms with Crippen LogP contribution in [0, 0.1) is 35.5 Å². The molecule has 29 heavy (non-hydrogen) atoms. The quantitative estimate of drug-likeness (QED) is 0.375. The van der Waals surface area contributed by atoms with Crippen LogP contribution in [0.3, 0.4) is 0 Å². The minimum Gasteiger partial charge on any atom is -0.412 e. The molecule has 0 aliphatic heterocycles. The van der Waals surface area contributed by atoms with Gasteiger partial charge in [-0.15, -0.1) is 0 Å². The Hall–Kier alpha value is -0.150. The van der Waals surface area contributed by atoms with Gasteiger partial charge < -0.3 is 11.0 Å². The molecule has 2 nitrogen and oxygen atoms in total. The summed E-state index contributed by atoms with van der Waals surface area (Å²) in [7, 11) is 0. The van der Waals surface area contributed by atoms with Crippen LogP contribution in [0.15, 0.2) is 0 Å². The molecule has 0 saturated heterocycles. The van der Waals surface area contributed by atoms with E-state index >= 15 is 0 Å². The summed E-state index contributed by atoms with van der Waals surface area (Å²) in [5, 5.41) is 0. The Kier molecular flexibility index (Phi) is 24.7. The van der Waals surface area contributed by atoms with Crippen molar-refractivity contribution in [3.05, 3.63) is 0 Å². The van der Waals surface area contributed by atoms with Crippen LogP contribution < -0.4 is 0 Å². The molecule has 0 heterocycles. The van der Waals surface area contributed by atoms with Gasteiger partial charge in [0.05, 0.1) is 0 Å². The molecule has 0 spiro atoms. The van der Waals surface area contributed by atoms with Crippen molar-refractivity contribution in [3.8, 4) is 0 Å². The molecule has 3 rings (SSSR count). The summed E-state index contributed by atoms with van der Waals surface area (Å²) in [6.07, 6.45) is 14.4. The second-order valence-corrected chi connectivity index (χ2v) is 10.1. The van der Waals surface area contributed by atoms with Gasteiger partial charge in [-0.05, 0) is 48.3 Å². The van der Waals surface area contributed by atoms with Crippen molar-refractivity contribution < 1.29 is 16.8 Å². The lowest BCUT2D eigenvalue weighted by atomic mass is 9.83. The van der Waals surface area contributed by atoms with Gasteiger partial charge in [-0.1, -0.05) is 114 Å². The lowest BCUT2D eigenvalue weighted by Gasteiger charge is -2.26. The molecular formula is C26H61FO2. The van der Waals surface area contributed by atoms with Gasteiger partial charge in [0.1, 0.15) is 6.17 Å². The second-order valence-electron chi connectivity index (χ2n) is 10.1. The first-order valence-electron chi connectivity index (χ1n) is 11.4. The average Bonchev–Trinajstić information content (AvgIpc) is 2.58. The summed E-state index contributed by atoms with van der Waals surface area (Å²) in [5.41, 5.74) is 0. The van der Waals surface area contributed by atoms with Crippen LogP contribution in [0.2, 0.25) is 0 Å². The van der Waals surface area contributed by atoms with E-state index in [4.69, 9.17) is 0 Å². The van der Waals surface area contributed by atoms with Crippen molar-refractivity contribution in [2.24, 2.45) is 35.5 Å². The lowest BCUT2D eigenvalue weighted by Crippen LogP contribution is -2.22. The van der Waals surface area contributed by atoms with E-state index in [9.17, 15) is 4.39 Å². The molecular weight excluding hydrogens is 363 g/mol. The minimum atomic E-state index is -0.520. The van der Waals surface area contributed by atoms with E-state index in [-0.39, 0.29) is 27.2 Å². The van der Waals surface area contributed by atoms with E-state index in [0.29, 0.717) is 11.8 Å². The number of rotatable bonds is 0. The zero-order valence-electron chi connectivity index (χ0n) is 19.2. The maximum absolute atomic E-state index is 12.8. The van der Waals surface area contributed by atoms with Gasteiger partial charge >= 0.3 is 0 Å². The molecule has 0 aromatic carbocycles. The third kappa shape index (κ3) is 17.2. The smallest absolute Gasteiger partial charge is 0.103 e. The predicted molar refractivity (Wildman–Crippen MR) is 133 cm³/mol. The number of alkyl halides is 1. The molecule has 3 saturated carbocycles. The molecule has 4 N–H and O–H groups in total. The molecule has 3 aliphatic carbocycles. The fraction of sp³-hybridized carbons (Fsp3) is 1.00. The molecule has 3 heteroatoms. The SMILES string of the molecule is C.C.CC1CCC(C)C(F)C1.CC1CCC(C)CC1.CC1CCC(C)CC1.O.O.[HH]. The van der Waals surface area contributed by atoms with Crippen LogP contribution >= 0.6 is 0 Å². The van der Waals surface area contributed by atoms with Crippen LogP contribution in [0.5, 0.6) is 0 Å². The van der Waals surface area contributed by atoms with E-state index < -0.39 is 6.17 Å². The first-order chi connectivity index (χ1) is 11.8. The maximum atomic E-state index is 12.8. The van der Waals surface area contributed by atoms with Gasteiger partial charge in [0.15, 0.2) is 0 Å². The highest BCUT2D eigenvalue weighted by molar-refractivity contribution is 4.74. The first kappa shape index (κ1) is 36.2. The Morgan fingerprint density at radius 2 is 0.724 bits per heavy atom. The van der Waals surface area contributed by atoms with Crippen LogP contribution in [0.4, 0.5) is 4.39 Å². The Morgan fingerprint density at radius 1 is 0.483 bits per heavy atom. The van der Waals surface area contributed by atoms with Crippen molar-refractivity contribution in [1.82, 2.24) is 0 Å². The zero-order valence-corrected chi connectivity index (χ0v) is 19.2. The molecule has 0 radical (unpaired) electrons. The second kappa shape index (κ2) is 19.8. The standard InChI is InChI=1S/C8H15F.2C8H16.2CH4.2H2O.H2/c1-6-3-4-7(2)8(9)5-6;2*1-7-3-5-8(2)6-4-7;;;;;/h6-8H,3-5H2,1-2H3;2*7-8H,3-6H2,1-2H3;2*1H4;2*1H2;1H. The van der Waals surface area contributed by atoms with E-state index in [2.05, 4.69) is 34.6 Å². The Morgan fingerprint density at radius 3 is 0.931 bits per heavy atom. The number of halogens is 1. The Labute approximate surface area is 185 Å². The Balaban J connectivity index is -0.0000000963. The van der Waals surface area contributed by atoms with E-state index in [1.165, 1.54) is 57.8 Å². The highest BCUT2D eigenvalue weighted by atomic mass is 19.1. The Bertz CT molecular complexity index is 287. The average molecular weight is 425 g/mol. The first-order valence-corrected chi connectivity index (χ1v) is 11.4. The molecule has 3 unspecified atom stereocenters. The summed E-state index contributed by atoms with van der Waals surface area (Å²) in [6, 6.07) is 0. The van der Waals surface area contributed by atoms with Gasteiger partial charge in [0.2, 0.25) is 0 Å². The van der Waals surface area contributed by atoms with Crippen LogP contribution in [-0.4, -0.2) is 17.1 Å². The van der Waals surface area contributed by atoms with Gasteiger partial charge in [0.25, 0.3) is 0 Å². The molecule has 0 amide bonds. The normalized spacial score (nSPS) is 35.9. The maximum Gasteiger partial charge on any atom is 0.103 e. The van der Waals surface area contributed by atoms with Crippen LogP contribution in [0.1, 0.15) is 128 Å². The fourth-order valence-electron chi connectivity index (χ4n) is 4.32. The van der Waals surface area contributed by atoms with Gasteiger partial charge in [-0.2, -0.15) is 0 Å². The predicted octanol–water partition coefficient (Wildman–Crippen LogP) is 8.31. The monoisotopic (exact) mass is 424 g/mol. The highest BCUT2D eigenvalue weighted by Gasteiger charge is 2.24. The third-order valence-corrected chi connectivity index (χ3v) is 6.97. The molecule has 0 bridgehead atoms. The summed E-state index contributed by atoms with van der Waals surface area (Å²) in [6.45, 7) is 13.6. The summed E-state index contributed by atoms with van der Waals surface area (Å²) < 4.78 is 12.8. The summed E-state index contributed by atoms with van der Waals surface area (Å²) in [5.74, 6) is 5.02. The number of hydrogen-bond acceptors (Lipinski definition) is 0. The highest BCUT2D eigenvalue weighted by Crippen LogP contribution is 2.30. The molecule has 0 aromatic rings. The van der Waals surface area contributed by atoms with Gasteiger partial charge in [0, 0.05) is 1.43 Å². The summed E-state index contributed by atoms with van der Waals surface area (Å²) >= 11 is 0. The van der Waals surface area contributed by atoms with Crippen molar-refractivity contribution in [1.29, 1.82) is 0 Å². The van der Waals surface area contributed by atoms with Gasteiger partial charge in [-0.3, -0.25) is 0 Å². The third-order valence-electron chi connectivity index (χ3n) is 6.97. The van der Waals surface area contributed by atoms with Crippen molar-refractivity contribution in [2.45, 2.75) is 133 Å². The molecule has 0 aromatic heterocycles. The van der Waals surface area contributed by atoms with Crippen LogP contribution in [-0.2, 0) is 0 Å². The fourth-order valence-corrected chi connectivity index (χ4v) is 4.32. The molecule has 184 valence electrons. The number of hydrogen-bond donors (Lipinski definition) is 0. The van der Waals surface area contributed by atoms with E-state index in [1.807, 2.05) is 6.92 Å². The topological polar surface area (TPSA) is 63.0 Å². The minimum absolute atomic E-state index is 0. The van der Waals surface area contributed by atoms with E-state index in [1.54, 1.807) is 0 Å². The zero-order chi connectivity index (χ0) is 18.8. The van der Waals surface area contributed by atoms with Crippen LogP contribution in [0.25, 0.3) is 0 Å². The lowest BCUT2D eigenvalue weighted by molar-refractivity contribution is 0.145. The van der Waals surface area contributed by atoms with Crippen molar-refractivity contribution >= 4 is 0 Å². The molecule has 3 atom stereocenters.